The van der Waals surface area contributed by atoms with E-state index >= 15 is 0 Å². The highest BCUT2D eigenvalue weighted by Gasteiger charge is 2.18. The molecule has 110 valence electrons. The molecule has 0 unspecified atom stereocenters. The molecule has 1 aromatic carbocycles. The first kappa shape index (κ1) is 15.9. The van der Waals surface area contributed by atoms with Crippen molar-refractivity contribution in [2.24, 2.45) is 5.92 Å². The summed E-state index contributed by atoms with van der Waals surface area (Å²) in [6.45, 7) is 5.24. The van der Waals surface area contributed by atoms with Crippen molar-refractivity contribution in [2.75, 3.05) is 18.4 Å². The molecule has 0 saturated carbocycles. The third kappa shape index (κ3) is 4.53. The van der Waals surface area contributed by atoms with Crippen LogP contribution in [0.2, 0.25) is 0 Å². The molecule has 2 N–H and O–H groups in total. The highest BCUT2D eigenvalue weighted by Crippen LogP contribution is 2.18. The van der Waals surface area contributed by atoms with E-state index in [1.807, 2.05) is 13.8 Å². The fourth-order valence-electron chi connectivity index (χ4n) is 1.76. The van der Waals surface area contributed by atoms with Crippen LogP contribution in [-0.2, 0) is 4.79 Å². The van der Waals surface area contributed by atoms with Crippen molar-refractivity contribution >= 4 is 17.7 Å². The van der Waals surface area contributed by atoms with Crippen LogP contribution in [0, 0.1) is 18.7 Å². The van der Waals surface area contributed by atoms with Crippen LogP contribution >= 0.6 is 0 Å². The smallest absolute Gasteiger partial charge is 0.323 e. The average Bonchev–Trinajstić information content (AvgIpc) is 2.33. The molecular weight excluding hydrogens is 263 g/mol. The second-order valence-corrected chi connectivity index (χ2v) is 5.01. The molecule has 0 aliphatic carbocycles. The Morgan fingerprint density at radius 2 is 2.05 bits per heavy atom. The van der Waals surface area contributed by atoms with Gasteiger partial charge in [-0.05, 0) is 25.0 Å². The number of hydrogen-bond donors (Lipinski definition) is 2. The SMILES string of the molecule is Cc1c(F)cccc1NC(=O)N(CC(=O)O)CC(C)C. The van der Waals surface area contributed by atoms with Gasteiger partial charge in [-0.1, -0.05) is 19.9 Å². The number of nitrogens with one attached hydrogen (secondary N) is 1. The van der Waals surface area contributed by atoms with Crippen LogP contribution < -0.4 is 5.32 Å². The van der Waals surface area contributed by atoms with E-state index in [0.717, 1.165) is 0 Å². The number of carbonyl (C=O) groups is 2. The topological polar surface area (TPSA) is 69.6 Å². The van der Waals surface area contributed by atoms with Crippen molar-refractivity contribution in [3.8, 4) is 0 Å². The van der Waals surface area contributed by atoms with Gasteiger partial charge in [0, 0.05) is 17.8 Å². The zero-order valence-corrected chi connectivity index (χ0v) is 11.8. The van der Waals surface area contributed by atoms with Gasteiger partial charge < -0.3 is 15.3 Å². The minimum atomic E-state index is -1.09. The number of urea groups is 1. The lowest BCUT2D eigenvalue weighted by Gasteiger charge is -2.23. The molecule has 0 atom stereocenters. The quantitative estimate of drug-likeness (QED) is 0.872. The summed E-state index contributed by atoms with van der Waals surface area (Å²) in [7, 11) is 0. The van der Waals surface area contributed by atoms with Crippen LogP contribution in [0.25, 0.3) is 0 Å². The molecular formula is C14H19FN2O3. The number of carbonyl (C=O) groups excluding carboxylic acids is 1. The molecule has 0 bridgehead atoms. The number of hydrogen-bond acceptors (Lipinski definition) is 2. The number of nitrogens with zero attached hydrogens (tertiary/aromatic N) is 1. The summed E-state index contributed by atoms with van der Waals surface area (Å²) in [5.74, 6) is -1.37. The Bertz CT molecular complexity index is 503. The molecule has 6 heteroatoms. The number of aliphatic carboxylic acids is 1. The summed E-state index contributed by atoms with van der Waals surface area (Å²) in [6, 6.07) is 3.82. The summed E-state index contributed by atoms with van der Waals surface area (Å²) in [5.41, 5.74) is 0.662. The molecule has 0 saturated heterocycles. The largest absolute Gasteiger partial charge is 0.480 e. The van der Waals surface area contributed by atoms with Gasteiger partial charge in [0.25, 0.3) is 0 Å². The van der Waals surface area contributed by atoms with Gasteiger partial charge in [-0.2, -0.15) is 0 Å². The third-order valence-electron chi connectivity index (χ3n) is 2.71. The van der Waals surface area contributed by atoms with Crippen LogP contribution in [0.5, 0.6) is 0 Å². The molecule has 2 amide bonds. The fourth-order valence-corrected chi connectivity index (χ4v) is 1.76. The normalized spacial score (nSPS) is 10.4. The van der Waals surface area contributed by atoms with E-state index in [1.165, 1.54) is 17.0 Å². The van der Waals surface area contributed by atoms with Gasteiger partial charge in [-0.3, -0.25) is 4.79 Å². The number of rotatable bonds is 5. The first-order chi connectivity index (χ1) is 9.31. The summed E-state index contributed by atoms with van der Waals surface area (Å²) >= 11 is 0. The van der Waals surface area contributed by atoms with Crippen molar-refractivity contribution in [3.05, 3.63) is 29.6 Å². The van der Waals surface area contributed by atoms with E-state index in [1.54, 1.807) is 13.0 Å². The van der Waals surface area contributed by atoms with E-state index in [0.29, 0.717) is 17.8 Å². The van der Waals surface area contributed by atoms with Crippen LogP contribution in [0.3, 0.4) is 0 Å². The lowest BCUT2D eigenvalue weighted by atomic mass is 10.2. The number of benzene rings is 1. The lowest BCUT2D eigenvalue weighted by molar-refractivity contribution is -0.137. The number of carboxylic acids is 1. The number of halogens is 1. The predicted molar refractivity (Wildman–Crippen MR) is 74.2 cm³/mol. The maximum Gasteiger partial charge on any atom is 0.323 e. The molecule has 0 radical (unpaired) electrons. The Kier molecular flexibility index (Phi) is 5.49. The average molecular weight is 282 g/mol. The molecule has 0 fully saturated rings. The molecule has 1 aromatic rings. The highest BCUT2D eigenvalue weighted by atomic mass is 19.1. The van der Waals surface area contributed by atoms with Gasteiger partial charge in [0.2, 0.25) is 0 Å². The molecule has 0 aromatic heterocycles. The highest BCUT2D eigenvalue weighted by molar-refractivity contribution is 5.92. The minimum Gasteiger partial charge on any atom is -0.480 e. The van der Waals surface area contributed by atoms with Crippen LogP contribution in [0.4, 0.5) is 14.9 Å². The number of carboxylic acid groups (broad SMARTS) is 1. The minimum absolute atomic E-state index is 0.133. The maximum atomic E-state index is 13.4. The van der Waals surface area contributed by atoms with Gasteiger partial charge in [-0.15, -0.1) is 0 Å². The van der Waals surface area contributed by atoms with Gasteiger partial charge in [0.1, 0.15) is 12.4 Å². The maximum absolute atomic E-state index is 13.4. The Balaban J connectivity index is 2.84. The Morgan fingerprint density at radius 3 is 2.60 bits per heavy atom. The van der Waals surface area contributed by atoms with Crippen molar-refractivity contribution in [1.82, 2.24) is 4.90 Å². The zero-order valence-electron chi connectivity index (χ0n) is 11.8. The Hall–Kier alpha value is -2.11. The van der Waals surface area contributed by atoms with Gasteiger partial charge in [0.05, 0.1) is 0 Å². The lowest BCUT2D eigenvalue weighted by Crippen LogP contribution is -2.41. The van der Waals surface area contributed by atoms with Gasteiger partial charge in [0.15, 0.2) is 0 Å². The monoisotopic (exact) mass is 282 g/mol. The van der Waals surface area contributed by atoms with Crippen LogP contribution in [-0.4, -0.2) is 35.1 Å². The molecule has 5 nitrogen and oxygen atoms in total. The molecule has 20 heavy (non-hydrogen) atoms. The van der Waals surface area contributed by atoms with E-state index in [2.05, 4.69) is 5.32 Å². The Morgan fingerprint density at radius 1 is 1.40 bits per heavy atom. The summed E-state index contributed by atoms with van der Waals surface area (Å²) in [5, 5.41) is 11.4. The van der Waals surface area contributed by atoms with Crippen LogP contribution in [0.15, 0.2) is 18.2 Å². The van der Waals surface area contributed by atoms with Gasteiger partial charge >= 0.3 is 12.0 Å². The molecule has 0 aliphatic heterocycles. The van der Waals surface area contributed by atoms with Gasteiger partial charge in [-0.25, -0.2) is 9.18 Å². The number of amides is 2. The first-order valence-corrected chi connectivity index (χ1v) is 6.34. The fraction of sp³-hybridized carbons (Fsp3) is 0.429. The molecule has 0 spiro atoms. The Labute approximate surface area is 117 Å². The second kappa shape index (κ2) is 6.88. The zero-order chi connectivity index (χ0) is 15.3. The van der Waals surface area contributed by atoms with Crippen molar-refractivity contribution in [2.45, 2.75) is 20.8 Å². The summed E-state index contributed by atoms with van der Waals surface area (Å²) < 4.78 is 13.4. The standard InChI is InChI=1S/C14H19FN2O3/c1-9(2)7-17(8-13(18)19)14(20)16-12-6-4-5-11(15)10(12)3/h4-6,9H,7-8H2,1-3H3,(H,16,20)(H,18,19). The van der Waals surface area contributed by atoms with Crippen molar-refractivity contribution in [3.63, 3.8) is 0 Å². The van der Waals surface area contributed by atoms with E-state index in [9.17, 15) is 14.0 Å². The molecule has 0 aliphatic rings. The summed E-state index contributed by atoms with van der Waals surface area (Å²) in [4.78, 5) is 24.1. The van der Waals surface area contributed by atoms with Crippen molar-refractivity contribution in [1.29, 1.82) is 0 Å². The van der Waals surface area contributed by atoms with E-state index < -0.39 is 24.4 Å². The number of anilines is 1. The van der Waals surface area contributed by atoms with Crippen LogP contribution in [0.1, 0.15) is 19.4 Å². The summed E-state index contributed by atoms with van der Waals surface area (Å²) in [6.07, 6.45) is 0. The van der Waals surface area contributed by atoms with Crippen molar-refractivity contribution < 1.29 is 19.1 Å². The second-order valence-electron chi connectivity index (χ2n) is 5.01. The first-order valence-electron chi connectivity index (χ1n) is 6.34. The molecule has 0 heterocycles. The third-order valence-corrected chi connectivity index (χ3v) is 2.71. The van der Waals surface area contributed by atoms with E-state index in [-0.39, 0.29) is 5.92 Å². The predicted octanol–water partition coefficient (Wildman–Crippen LogP) is 2.71. The molecule has 1 rings (SSSR count). The van der Waals surface area contributed by atoms with E-state index in [4.69, 9.17) is 5.11 Å².